The molecule has 0 aromatic carbocycles. The number of carbonyl (C=O) groups excluding carboxylic acids is 1. The van der Waals surface area contributed by atoms with Gasteiger partial charge in [-0.1, -0.05) is 0 Å². The lowest BCUT2D eigenvalue weighted by molar-refractivity contribution is -0.164. The van der Waals surface area contributed by atoms with Crippen molar-refractivity contribution < 1.29 is 14.6 Å². The SMILES string of the molecule is CCOC(=O)[C@H]1C2CCC(CC2)[C@@H]1O. The molecule has 3 nitrogen and oxygen atoms in total. The van der Waals surface area contributed by atoms with Crippen molar-refractivity contribution in [2.75, 3.05) is 6.61 Å². The van der Waals surface area contributed by atoms with Crippen LogP contribution in [0.3, 0.4) is 0 Å². The first-order valence-corrected chi connectivity index (χ1v) is 5.58. The average Bonchev–Trinajstić information content (AvgIpc) is 2.19. The number of hydrogen-bond acceptors (Lipinski definition) is 3. The molecule has 14 heavy (non-hydrogen) atoms. The molecule has 3 aliphatic carbocycles. The smallest absolute Gasteiger partial charge is 0.311 e. The van der Waals surface area contributed by atoms with Crippen LogP contribution in [-0.2, 0) is 9.53 Å². The normalized spacial score (nSPS) is 41.0. The second kappa shape index (κ2) is 3.89. The van der Waals surface area contributed by atoms with Gasteiger partial charge < -0.3 is 9.84 Å². The van der Waals surface area contributed by atoms with E-state index in [0.29, 0.717) is 18.4 Å². The van der Waals surface area contributed by atoms with Gasteiger partial charge in [-0.2, -0.15) is 0 Å². The van der Waals surface area contributed by atoms with E-state index >= 15 is 0 Å². The summed E-state index contributed by atoms with van der Waals surface area (Å²) in [6.45, 7) is 2.23. The summed E-state index contributed by atoms with van der Waals surface area (Å²) in [5.41, 5.74) is 0. The predicted octanol–water partition coefficient (Wildman–Crippen LogP) is 1.35. The first-order valence-electron chi connectivity index (χ1n) is 5.58. The molecule has 3 aliphatic rings. The number of aliphatic hydroxyl groups is 1. The van der Waals surface area contributed by atoms with Crippen LogP contribution >= 0.6 is 0 Å². The standard InChI is InChI=1S/C11H18O3/c1-2-14-11(13)9-7-3-5-8(6-4-7)10(9)12/h7-10,12H,2-6H2,1H3/t7?,8?,9-,10-/m0/s1. The van der Waals surface area contributed by atoms with Gasteiger partial charge in [0.15, 0.2) is 0 Å². The summed E-state index contributed by atoms with van der Waals surface area (Å²) in [5, 5.41) is 9.96. The van der Waals surface area contributed by atoms with Crippen LogP contribution in [0.5, 0.6) is 0 Å². The molecule has 0 amide bonds. The topological polar surface area (TPSA) is 46.5 Å². The summed E-state index contributed by atoms with van der Waals surface area (Å²) in [6.07, 6.45) is 3.90. The molecule has 3 fully saturated rings. The maximum atomic E-state index is 11.6. The monoisotopic (exact) mass is 198 g/mol. The lowest BCUT2D eigenvalue weighted by atomic mass is 9.63. The number of hydrogen-bond donors (Lipinski definition) is 1. The van der Waals surface area contributed by atoms with E-state index in [9.17, 15) is 9.90 Å². The molecule has 0 radical (unpaired) electrons. The third-order valence-corrected chi connectivity index (χ3v) is 3.73. The molecule has 0 saturated heterocycles. The molecular weight excluding hydrogens is 180 g/mol. The highest BCUT2D eigenvalue weighted by molar-refractivity contribution is 5.73. The van der Waals surface area contributed by atoms with Crippen LogP contribution in [0, 0.1) is 17.8 Å². The van der Waals surface area contributed by atoms with Gasteiger partial charge in [0.25, 0.3) is 0 Å². The minimum absolute atomic E-state index is 0.186. The maximum Gasteiger partial charge on any atom is 0.311 e. The molecule has 0 aromatic heterocycles. The number of ether oxygens (including phenoxy) is 1. The number of rotatable bonds is 2. The Kier molecular flexibility index (Phi) is 2.77. The Hall–Kier alpha value is -0.570. The fraction of sp³-hybridized carbons (Fsp3) is 0.909. The molecule has 0 aromatic rings. The van der Waals surface area contributed by atoms with Crippen LogP contribution in [0.1, 0.15) is 32.6 Å². The van der Waals surface area contributed by atoms with E-state index in [1.165, 1.54) is 0 Å². The van der Waals surface area contributed by atoms with Gasteiger partial charge in [-0.05, 0) is 44.4 Å². The molecule has 2 atom stereocenters. The second-order valence-corrected chi connectivity index (χ2v) is 4.44. The summed E-state index contributed by atoms with van der Waals surface area (Å²) < 4.78 is 5.01. The van der Waals surface area contributed by atoms with E-state index < -0.39 is 6.10 Å². The molecule has 3 rings (SSSR count). The van der Waals surface area contributed by atoms with Gasteiger partial charge in [-0.15, -0.1) is 0 Å². The zero-order valence-electron chi connectivity index (χ0n) is 8.61. The first-order chi connectivity index (χ1) is 6.74. The van der Waals surface area contributed by atoms with Crippen molar-refractivity contribution in [1.82, 2.24) is 0 Å². The van der Waals surface area contributed by atoms with E-state index in [4.69, 9.17) is 4.74 Å². The minimum Gasteiger partial charge on any atom is -0.466 e. The van der Waals surface area contributed by atoms with Crippen molar-refractivity contribution in [3.63, 3.8) is 0 Å². The van der Waals surface area contributed by atoms with Crippen LogP contribution in [0.25, 0.3) is 0 Å². The number of carbonyl (C=O) groups is 1. The van der Waals surface area contributed by atoms with Crippen molar-refractivity contribution >= 4 is 5.97 Å². The summed E-state index contributed by atoms with van der Waals surface area (Å²) in [4.78, 5) is 11.6. The maximum absolute atomic E-state index is 11.6. The Balaban J connectivity index is 2.06. The van der Waals surface area contributed by atoms with Gasteiger partial charge in [0.2, 0.25) is 0 Å². The first kappa shape index (κ1) is 9.97. The molecule has 0 unspecified atom stereocenters. The van der Waals surface area contributed by atoms with E-state index in [1.54, 1.807) is 0 Å². The quantitative estimate of drug-likeness (QED) is 0.681. The van der Waals surface area contributed by atoms with Gasteiger partial charge in [0, 0.05) is 0 Å². The van der Waals surface area contributed by atoms with Crippen molar-refractivity contribution in [1.29, 1.82) is 0 Å². The molecule has 80 valence electrons. The Morgan fingerprint density at radius 3 is 2.36 bits per heavy atom. The Labute approximate surface area is 84.4 Å². The van der Waals surface area contributed by atoms with Crippen LogP contribution < -0.4 is 0 Å². The van der Waals surface area contributed by atoms with Crippen LogP contribution in [0.2, 0.25) is 0 Å². The van der Waals surface area contributed by atoms with E-state index in [1.807, 2.05) is 6.92 Å². The molecule has 0 aliphatic heterocycles. The zero-order valence-corrected chi connectivity index (χ0v) is 8.61. The van der Waals surface area contributed by atoms with Crippen molar-refractivity contribution in [3.8, 4) is 0 Å². The molecule has 0 spiro atoms. The minimum atomic E-state index is -0.443. The third kappa shape index (κ3) is 1.54. The molecule has 1 N–H and O–H groups in total. The number of aliphatic hydroxyl groups excluding tert-OH is 1. The van der Waals surface area contributed by atoms with Crippen molar-refractivity contribution in [2.24, 2.45) is 17.8 Å². The number of esters is 1. The average molecular weight is 198 g/mol. The van der Waals surface area contributed by atoms with Gasteiger partial charge in [-0.3, -0.25) is 4.79 Å². The lowest BCUT2D eigenvalue weighted by Crippen LogP contribution is -2.48. The fourth-order valence-corrected chi connectivity index (χ4v) is 2.99. The fourth-order valence-electron chi connectivity index (χ4n) is 2.99. The van der Waals surface area contributed by atoms with Gasteiger partial charge in [-0.25, -0.2) is 0 Å². The Bertz CT molecular complexity index is 217. The second-order valence-electron chi connectivity index (χ2n) is 4.44. The molecular formula is C11H18O3. The van der Waals surface area contributed by atoms with Gasteiger partial charge in [0.05, 0.1) is 18.6 Å². The summed E-state index contributed by atoms with van der Waals surface area (Å²) in [5.74, 6) is 0.292. The Morgan fingerprint density at radius 1 is 1.29 bits per heavy atom. The summed E-state index contributed by atoms with van der Waals surface area (Å²) >= 11 is 0. The highest BCUT2D eigenvalue weighted by atomic mass is 16.5. The van der Waals surface area contributed by atoms with Crippen LogP contribution in [0.4, 0.5) is 0 Å². The number of fused-ring (bicyclic) bond motifs is 3. The highest BCUT2D eigenvalue weighted by Crippen LogP contribution is 2.45. The Morgan fingerprint density at radius 2 is 1.86 bits per heavy atom. The van der Waals surface area contributed by atoms with Gasteiger partial charge in [0.1, 0.15) is 0 Å². The van der Waals surface area contributed by atoms with Crippen LogP contribution in [0.15, 0.2) is 0 Å². The highest BCUT2D eigenvalue weighted by Gasteiger charge is 2.46. The van der Waals surface area contributed by atoms with E-state index in [0.717, 1.165) is 25.7 Å². The molecule has 3 saturated carbocycles. The summed E-state index contributed by atoms with van der Waals surface area (Å²) in [7, 11) is 0. The largest absolute Gasteiger partial charge is 0.466 e. The molecule has 3 heteroatoms. The summed E-state index contributed by atoms with van der Waals surface area (Å²) in [6, 6.07) is 0. The lowest BCUT2D eigenvalue weighted by Gasteiger charge is -2.44. The van der Waals surface area contributed by atoms with E-state index in [-0.39, 0.29) is 11.9 Å². The van der Waals surface area contributed by atoms with Crippen LogP contribution in [-0.4, -0.2) is 23.8 Å². The van der Waals surface area contributed by atoms with Crippen molar-refractivity contribution in [2.45, 2.75) is 38.7 Å². The van der Waals surface area contributed by atoms with Gasteiger partial charge >= 0.3 is 5.97 Å². The third-order valence-electron chi connectivity index (χ3n) is 3.73. The molecule has 2 bridgehead atoms. The molecule has 0 heterocycles. The predicted molar refractivity (Wildman–Crippen MR) is 51.6 cm³/mol. The van der Waals surface area contributed by atoms with E-state index in [2.05, 4.69) is 0 Å². The van der Waals surface area contributed by atoms with Crippen molar-refractivity contribution in [3.05, 3.63) is 0 Å². The zero-order chi connectivity index (χ0) is 10.1.